The summed E-state index contributed by atoms with van der Waals surface area (Å²) in [5, 5.41) is 3.19. The SMILES string of the molecule is CCCCC[C@H]1C[C@@H](C)Nc2cc(C(F)(F)F)ccc21. The standard InChI is InChI=1S/C16H22F3N/c1-3-4-5-6-12-9-11(2)20-15-10-13(16(17,18)19)7-8-14(12)15/h7-8,10-12,20H,3-6,9H2,1-2H3/t11-,12+/m1/s1. The summed E-state index contributed by atoms with van der Waals surface area (Å²) in [5.41, 5.74) is 1.15. The number of rotatable bonds is 4. The number of fused-ring (bicyclic) bond motifs is 1. The van der Waals surface area contributed by atoms with E-state index in [1.54, 1.807) is 6.07 Å². The highest BCUT2D eigenvalue weighted by Crippen LogP contribution is 2.40. The molecule has 0 saturated carbocycles. The van der Waals surface area contributed by atoms with Gasteiger partial charge < -0.3 is 5.32 Å². The molecule has 20 heavy (non-hydrogen) atoms. The Labute approximate surface area is 118 Å². The summed E-state index contributed by atoms with van der Waals surface area (Å²) in [5.74, 6) is 0.384. The molecule has 0 radical (unpaired) electrons. The van der Waals surface area contributed by atoms with Crippen molar-refractivity contribution in [2.75, 3.05) is 5.32 Å². The molecule has 1 aliphatic rings. The normalized spacial score (nSPS) is 22.2. The fourth-order valence-electron chi connectivity index (χ4n) is 3.01. The van der Waals surface area contributed by atoms with Gasteiger partial charge in [-0.2, -0.15) is 13.2 Å². The van der Waals surface area contributed by atoms with Crippen molar-refractivity contribution in [3.63, 3.8) is 0 Å². The molecule has 0 aromatic heterocycles. The largest absolute Gasteiger partial charge is 0.416 e. The second-order valence-electron chi connectivity index (χ2n) is 5.77. The smallest absolute Gasteiger partial charge is 0.382 e. The van der Waals surface area contributed by atoms with E-state index in [1.807, 2.05) is 6.92 Å². The van der Waals surface area contributed by atoms with E-state index in [1.165, 1.54) is 25.0 Å². The van der Waals surface area contributed by atoms with Gasteiger partial charge in [0.1, 0.15) is 0 Å². The Morgan fingerprint density at radius 3 is 2.65 bits per heavy atom. The maximum atomic E-state index is 12.8. The van der Waals surface area contributed by atoms with Crippen LogP contribution in [0.1, 0.15) is 63.0 Å². The molecule has 1 aliphatic heterocycles. The summed E-state index contributed by atoms with van der Waals surface area (Å²) in [6.45, 7) is 4.20. The van der Waals surface area contributed by atoms with Crippen molar-refractivity contribution in [2.45, 2.75) is 64.1 Å². The quantitative estimate of drug-likeness (QED) is 0.713. The number of hydrogen-bond acceptors (Lipinski definition) is 1. The predicted octanol–water partition coefficient (Wildman–Crippen LogP) is 5.57. The van der Waals surface area contributed by atoms with Gasteiger partial charge in [-0.15, -0.1) is 0 Å². The second kappa shape index (κ2) is 6.06. The van der Waals surface area contributed by atoms with Crippen LogP contribution in [0.3, 0.4) is 0 Å². The second-order valence-corrected chi connectivity index (χ2v) is 5.77. The average Bonchev–Trinajstić information content (AvgIpc) is 2.37. The first-order chi connectivity index (χ1) is 9.41. The van der Waals surface area contributed by atoms with Gasteiger partial charge >= 0.3 is 6.18 Å². The van der Waals surface area contributed by atoms with E-state index in [9.17, 15) is 13.2 Å². The monoisotopic (exact) mass is 285 g/mol. The molecule has 1 heterocycles. The highest BCUT2D eigenvalue weighted by molar-refractivity contribution is 5.57. The first-order valence-electron chi connectivity index (χ1n) is 7.39. The molecule has 2 rings (SSSR count). The van der Waals surface area contributed by atoms with Crippen LogP contribution < -0.4 is 5.32 Å². The lowest BCUT2D eigenvalue weighted by atomic mass is 9.83. The molecule has 1 N–H and O–H groups in total. The Morgan fingerprint density at radius 2 is 2.00 bits per heavy atom. The lowest BCUT2D eigenvalue weighted by Crippen LogP contribution is -2.26. The van der Waals surface area contributed by atoms with E-state index < -0.39 is 11.7 Å². The van der Waals surface area contributed by atoms with Crippen LogP contribution in [0.25, 0.3) is 0 Å². The Balaban J connectivity index is 2.22. The zero-order valence-corrected chi connectivity index (χ0v) is 12.1. The number of benzene rings is 1. The first kappa shape index (κ1) is 15.2. The summed E-state index contributed by atoms with van der Waals surface area (Å²) in [6, 6.07) is 4.37. The summed E-state index contributed by atoms with van der Waals surface area (Å²) >= 11 is 0. The van der Waals surface area contributed by atoms with Gasteiger partial charge in [0.2, 0.25) is 0 Å². The first-order valence-corrected chi connectivity index (χ1v) is 7.39. The number of nitrogens with one attached hydrogen (secondary N) is 1. The summed E-state index contributed by atoms with van der Waals surface area (Å²) in [4.78, 5) is 0. The van der Waals surface area contributed by atoms with Gasteiger partial charge in [-0.25, -0.2) is 0 Å². The van der Waals surface area contributed by atoms with Crippen LogP contribution in [-0.2, 0) is 6.18 Å². The van der Waals surface area contributed by atoms with E-state index >= 15 is 0 Å². The molecule has 0 unspecified atom stereocenters. The Bertz CT molecular complexity index is 454. The van der Waals surface area contributed by atoms with Gasteiger partial charge in [-0.3, -0.25) is 0 Å². The number of anilines is 1. The molecular formula is C16H22F3N. The lowest BCUT2D eigenvalue weighted by Gasteiger charge is -2.32. The van der Waals surface area contributed by atoms with Gasteiger partial charge in [0, 0.05) is 11.7 Å². The highest BCUT2D eigenvalue weighted by Gasteiger charge is 2.33. The minimum absolute atomic E-state index is 0.234. The van der Waals surface area contributed by atoms with Crippen LogP contribution in [0.4, 0.5) is 18.9 Å². The molecule has 1 nitrogen and oxygen atoms in total. The van der Waals surface area contributed by atoms with Gasteiger partial charge in [0.15, 0.2) is 0 Å². The summed E-state index contributed by atoms with van der Waals surface area (Å²) in [7, 11) is 0. The Kier molecular flexibility index (Phi) is 4.61. The minimum Gasteiger partial charge on any atom is -0.382 e. The highest BCUT2D eigenvalue weighted by atomic mass is 19.4. The molecule has 0 saturated heterocycles. The molecule has 0 aliphatic carbocycles. The Morgan fingerprint density at radius 1 is 1.25 bits per heavy atom. The van der Waals surface area contributed by atoms with E-state index in [0.717, 1.165) is 24.8 Å². The van der Waals surface area contributed by atoms with E-state index in [-0.39, 0.29) is 6.04 Å². The van der Waals surface area contributed by atoms with Crippen LogP contribution in [0, 0.1) is 0 Å². The van der Waals surface area contributed by atoms with Crippen LogP contribution in [0.2, 0.25) is 0 Å². The maximum Gasteiger partial charge on any atom is 0.416 e. The molecule has 4 heteroatoms. The molecule has 2 atom stereocenters. The third-order valence-electron chi connectivity index (χ3n) is 4.02. The average molecular weight is 285 g/mol. The minimum atomic E-state index is -4.27. The fourth-order valence-corrected chi connectivity index (χ4v) is 3.01. The molecule has 112 valence electrons. The molecular weight excluding hydrogens is 263 g/mol. The van der Waals surface area contributed by atoms with Crippen molar-refractivity contribution in [1.29, 1.82) is 0 Å². The van der Waals surface area contributed by atoms with Crippen LogP contribution in [-0.4, -0.2) is 6.04 Å². The molecule has 1 aromatic rings. The van der Waals surface area contributed by atoms with E-state index in [0.29, 0.717) is 11.6 Å². The fraction of sp³-hybridized carbons (Fsp3) is 0.625. The van der Waals surface area contributed by atoms with Gasteiger partial charge in [-0.05, 0) is 43.4 Å². The molecule has 0 fully saturated rings. The van der Waals surface area contributed by atoms with Gasteiger partial charge in [-0.1, -0.05) is 32.3 Å². The third-order valence-corrected chi connectivity index (χ3v) is 4.02. The van der Waals surface area contributed by atoms with Crippen LogP contribution in [0.5, 0.6) is 0 Å². The van der Waals surface area contributed by atoms with Crippen LogP contribution in [0.15, 0.2) is 18.2 Å². The number of hydrogen-bond donors (Lipinski definition) is 1. The molecule has 0 bridgehead atoms. The van der Waals surface area contributed by atoms with Gasteiger partial charge in [0.25, 0.3) is 0 Å². The number of halogens is 3. The number of unbranched alkanes of at least 4 members (excludes halogenated alkanes) is 2. The van der Waals surface area contributed by atoms with Crippen molar-refractivity contribution >= 4 is 5.69 Å². The lowest BCUT2D eigenvalue weighted by molar-refractivity contribution is -0.137. The summed E-state index contributed by atoms with van der Waals surface area (Å²) in [6.07, 6.45) is 1.30. The van der Waals surface area contributed by atoms with E-state index in [2.05, 4.69) is 12.2 Å². The molecule has 0 spiro atoms. The number of alkyl halides is 3. The van der Waals surface area contributed by atoms with Crippen molar-refractivity contribution < 1.29 is 13.2 Å². The van der Waals surface area contributed by atoms with Crippen molar-refractivity contribution in [2.24, 2.45) is 0 Å². The van der Waals surface area contributed by atoms with Gasteiger partial charge in [0.05, 0.1) is 5.56 Å². The Hall–Kier alpha value is -1.19. The molecule has 1 aromatic carbocycles. The van der Waals surface area contributed by atoms with Crippen molar-refractivity contribution in [1.82, 2.24) is 0 Å². The predicted molar refractivity (Wildman–Crippen MR) is 76.0 cm³/mol. The molecule has 0 amide bonds. The van der Waals surface area contributed by atoms with Crippen LogP contribution >= 0.6 is 0 Å². The summed E-state index contributed by atoms with van der Waals surface area (Å²) < 4.78 is 38.3. The van der Waals surface area contributed by atoms with E-state index in [4.69, 9.17) is 0 Å². The zero-order valence-electron chi connectivity index (χ0n) is 12.1. The van der Waals surface area contributed by atoms with Crippen molar-refractivity contribution in [3.8, 4) is 0 Å². The zero-order chi connectivity index (χ0) is 14.8. The topological polar surface area (TPSA) is 12.0 Å². The third kappa shape index (κ3) is 3.47. The maximum absolute atomic E-state index is 12.8. The van der Waals surface area contributed by atoms with Crippen molar-refractivity contribution in [3.05, 3.63) is 29.3 Å².